The summed E-state index contributed by atoms with van der Waals surface area (Å²) >= 11 is 1.45. The van der Waals surface area contributed by atoms with Gasteiger partial charge < -0.3 is 20.7 Å². The molecule has 1 amide bonds. The number of amides is 1. The van der Waals surface area contributed by atoms with Crippen LogP contribution in [0.2, 0.25) is 0 Å². The van der Waals surface area contributed by atoms with E-state index < -0.39 is 0 Å². The predicted molar refractivity (Wildman–Crippen MR) is 118 cm³/mol. The summed E-state index contributed by atoms with van der Waals surface area (Å²) in [6.45, 7) is 2.03. The molecule has 0 spiro atoms. The summed E-state index contributed by atoms with van der Waals surface area (Å²) in [7, 11) is 3.39. The van der Waals surface area contributed by atoms with E-state index in [0.717, 1.165) is 35.1 Å². The molecule has 3 N–H and O–H groups in total. The molecular weight excluding hydrogens is 463 g/mol. The molecule has 2 aromatic rings. The normalized spacial score (nSPS) is 10.6. The maximum Gasteiger partial charge on any atom is 0.261 e. The van der Waals surface area contributed by atoms with E-state index in [-0.39, 0.29) is 29.9 Å². The SMILES string of the molecule is CN=C(NCCCNC(=O)c1cccs1)NCc1ccc(OC)cc1.I. The van der Waals surface area contributed by atoms with Crippen molar-refractivity contribution in [3.8, 4) is 5.75 Å². The van der Waals surface area contributed by atoms with Crippen LogP contribution in [0.3, 0.4) is 0 Å². The fraction of sp³-hybridized carbons (Fsp3) is 0.333. The molecule has 0 unspecified atom stereocenters. The summed E-state index contributed by atoms with van der Waals surface area (Å²) in [4.78, 5) is 16.7. The van der Waals surface area contributed by atoms with Crippen LogP contribution in [0.15, 0.2) is 46.8 Å². The molecule has 0 aliphatic carbocycles. The average Bonchev–Trinajstić information content (AvgIpc) is 3.19. The Labute approximate surface area is 175 Å². The highest BCUT2D eigenvalue weighted by Gasteiger charge is 2.04. The van der Waals surface area contributed by atoms with E-state index in [2.05, 4.69) is 20.9 Å². The number of aliphatic imine (C=N–C) groups is 1. The van der Waals surface area contributed by atoms with Crippen molar-refractivity contribution in [2.24, 2.45) is 4.99 Å². The topological polar surface area (TPSA) is 74.8 Å². The molecule has 8 heteroatoms. The number of benzene rings is 1. The predicted octanol–water partition coefficient (Wildman–Crippen LogP) is 2.86. The lowest BCUT2D eigenvalue weighted by molar-refractivity contribution is 0.0957. The first-order valence-electron chi connectivity index (χ1n) is 8.12. The number of carbonyl (C=O) groups is 1. The number of rotatable bonds is 8. The maximum absolute atomic E-state index is 11.8. The summed E-state index contributed by atoms with van der Waals surface area (Å²) < 4.78 is 5.15. The first kappa shape index (κ1) is 22.2. The first-order valence-corrected chi connectivity index (χ1v) is 9.00. The zero-order chi connectivity index (χ0) is 17.9. The average molecular weight is 488 g/mol. The molecule has 0 atom stereocenters. The van der Waals surface area contributed by atoms with Crippen LogP contribution in [-0.2, 0) is 6.54 Å². The van der Waals surface area contributed by atoms with Gasteiger partial charge in [0.15, 0.2) is 5.96 Å². The molecule has 0 saturated carbocycles. The van der Waals surface area contributed by atoms with Gasteiger partial charge in [-0.1, -0.05) is 18.2 Å². The number of nitrogens with one attached hydrogen (secondary N) is 3. The zero-order valence-corrected chi connectivity index (χ0v) is 18.1. The van der Waals surface area contributed by atoms with Crippen molar-refractivity contribution < 1.29 is 9.53 Å². The van der Waals surface area contributed by atoms with Crippen molar-refractivity contribution in [3.63, 3.8) is 0 Å². The molecule has 2 rings (SSSR count). The summed E-state index contributed by atoms with van der Waals surface area (Å²) in [5.74, 6) is 1.56. The van der Waals surface area contributed by atoms with Crippen LogP contribution in [0.4, 0.5) is 0 Å². The third-order valence-corrected chi connectivity index (χ3v) is 4.39. The van der Waals surface area contributed by atoms with Gasteiger partial charge in [0.1, 0.15) is 5.75 Å². The lowest BCUT2D eigenvalue weighted by Gasteiger charge is -2.12. The molecular formula is C18H25IN4O2S. The molecule has 142 valence electrons. The minimum absolute atomic E-state index is 0. The standard InChI is InChI=1S/C18H24N4O2S.HI/c1-19-18(22-13-14-6-8-15(24-2)9-7-14)21-11-4-10-20-17(23)16-5-3-12-25-16;/h3,5-9,12H,4,10-11,13H2,1-2H3,(H,20,23)(H2,19,21,22);1H. The Balaban J connectivity index is 0.00000338. The largest absolute Gasteiger partial charge is 0.497 e. The van der Waals surface area contributed by atoms with Gasteiger partial charge >= 0.3 is 0 Å². The van der Waals surface area contributed by atoms with E-state index in [1.807, 2.05) is 41.8 Å². The van der Waals surface area contributed by atoms with E-state index in [0.29, 0.717) is 13.1 Å². The van der Waals surface area contributed by atoms with Crippen molar-refractivity contribution in [2.75, 3.05) is 27.2 Å². The third-order valence-electron chi connectivity index (χ3n) is 3.52. The second-order valence-electron chi connectivity index (χ2n) is 5.29. The molecule has 0 radical (unpaired) electrons. The molecule has 0 aliphatic rings. The second-order valence-corrected chi connectivity index (χ2v) is 6.24. The lowest BCUT2D eigenvalue weighted by Crippen LogP contribution is -2.38. The number of halogens is 1. The van der Waals surface area contributed by atoms with Gasteiger partial charge in [-0.05, 0) is 35.6 Å². The summed E-state index contributed by atoms with van der Waals surface area (Å²) in [6.07, 6.45) is 0.820. The Kier molecular flexibility index (Phi) is 10.7. The number of nitrogens with zero attached hydrogens (tertiary/aromatic N) is 1. The van der Waals surface area contributed by atoms with E-state index >= 15 is 0 Å². The number of hydrogen-bond acceptors (Lipinski definition) is 4. The van der Waals surface area contributed by atoms with Gasteiger partial charge in [0.05, 0.1) is 12.0 Å². The van der Waals surface area contributed by atoms with E-state index in [1.165, 1.54) is 11.3 Å². The minimum Gasteiger partial charge on any atom is -0.497 e. The van der Waals surface area contributed by atoms with Crippen LogP contribution in [0.25, 0.3) is 0 Å². The monoisotopic (exact) mass is 488 g/mol. The van der Waals surface area contributed by atoms with Crippen molar-refractivity contribution in [2.45, 2.75) is 13.0 Å². The van der Waals surface area contributed by atoms with Crippen LogP contribution < -0.4 is 20.7 Å². The Hall–Kier alpha value is -1.81. The first-order chi connectivity index (χ1) is 12.2. The van der Waals surface area contributed by atoms with Crippen LogP contribution >= 0.6 is 35.3 Å². The number of thiophene rings is 1. The van der Waals surface area contributed by atoms with E-state index in [9.17, 15) is 4.79 Å². The summed E-state index contributed by atoms with van der Waals surface area (Å²) in [5, 5.41) is 11.3. The molecule has 26 heavy (non-hydrogen) atoms. The third kappa shape index (κ3) is 7.61. The van der Waals surface area contributed by atoms with Crippen LogP contribution in [0.1, 0.15) is 21.7 Å². The molecule has 6 nitrogen and oxygen atoms in total. The number of hydrogen-bond donors (Lipinski definition) is 3. The number of carbonyl (C=O) groups excluding carboxylic acids is 1. The van der Waals surface area contributed by atoms with Gasteiger partial charge in [0, 0.05) is 26.7 Å². The molecule has 1 aromatic heterocycles. The second kappa shape index (κ2) is 12.5. The van der Waals surface area contributed by atoms with Gasteiger partial charge in [-0.15, -0.1) is 35.3 Å². The molecule has 0 fully saturated rings. The Bertz CT molecular complexity index is 675. The van der Waals surface area contributed by atoms with Gasteiger partial charge in [-0.2, -0.15) is 0 Å². The molecule has 0 bridgehead atoms. The van der Waals surface area contributed by atoms with Crippen molar-refractivity contribution >= 4 is 47.2 Å². The maximum atomic E-state index is 11.8. The van der Waals surface area contributed by atoms with Crippen LogP contribution in [0, 0.1) is 0 Å². The van der Waals surface area contributed by atoms with Gasteiger partial charge in [0.2, 0.25) is 0 Å². The van der Waals surface area contributed by atoms with E-state index in [4.69, 9.17) is 4.74 Å². The fourth-order valence-corrected chi connectivity index (χ4v) is 2.78. The molecule has 1 aromatic carbocycles. The number of guanidine groups is 1. The van der Waals surface area contributed by atoms with Crippen molar-refractivity contribution in [1.82, 2.24) is 16.0 Å². The Morgan fingerprint density at radius 3 is 2.46 bits per heavy atom. The quantitative estimate of drug-likeness (QED) is 0.231. The highest BCUT2D eigenvalue weighted by atomic mass is 127. The summed E-state index contributed by atoms with van der Waals surface area (Å²) in [6, 6.07) is 11.6. The summed E-state index contributed by atoms with van der Waals surface area (Å²) in [5.41, 5.74) is 1.15. The smallest absolute Gasteiger partial charge is 0.261 e. The van der Waals surface area contributed by atoms with Gasteiger partial charge in [-0.3, -0.25) is 9.79 Å². The van der Waals surface area contributed by atoms with E-state index in [1.54, 1.807) is 14.2 Å². The highest BCUT2D eigenvalue weighted by molar-refractivity contribution is 14.0. The molecule has 0 saturated heterocycles. The lowest BCUT2D eigenvalue weighted by atomic mass is 10.2. The minimum atomic E-state index is -0.0167. The number of methoxy groups -OCH3 is 1. The van der Waals surface area contributed by atoms with Crippen molar-refractivity contribution in [3.05, 3.63) is 52.2 Å². The fourth-order valence-electron chi connectivity index (χ4n) is 2.14. The van der Waals surface area contributed by atoms with Crippen LogP contribution in [-0.4, -0.2) is 39.1 Å². The van der Waals surface area contributed by atoms with Crippen LogP contribution in [0.5, 0.6) is 5.75 Å². The van der Waals surface area contributed by atoms with Crippen molar-refractivity contribution in [1.29, 1.82) is 0 Å². The Morgan fingerprint density at radius 2 is 1.85 bits per heavy atom. The van der Waals surface area contributed by atoms with Gasteiger partial charge in [0.25, 0.3) is 5.91 Å². The number of ether oxygens (including phenoxy) is 1. The zero-order valence-electron chi connectivity index (χ0n) is 15.0. The molecule has 1 heterocycles. The highest BCUT2D eigenvalue weighted by Crippen LogP contribution is 2.10. The molecule has 0 aliphatic heterocycles. The van der Waals surface area contributed by atoms with Gasteiger partial charge in [-0.25, -0.2) is 0 Å². The Morgan fingerprint density at radius 1 is 1.12 bits per heavy atom.